The molecule has 8 heteroatoms. The van der Waals surface area contributed by atoms with Gasteiger partial charge in [0.15, 0.2) is 0 Å². The number of fused-ring (bicyclic) bond motifs is 6. The molecule has 3 aromatic rings. The van der Waals surface area contributed by atoms with Gasteiger partial charge in [0.2, 0.25) is 5.91 Å². The van der Waals surface area contributed by atoms with E-state index < -0.39 is 0 Å². The van der Waals surface area contributed by atoms with E-state index >= 15 is 0 Å². The van der Waals surface area contributed by atoms with Gasteiger partial charge in [-0.15, -0.1) is 0 Å². The highest BCUT2D eigenvalue weighted by Crippen LogP contribution is 2.52. The number of carbonyl (C=O) groups excluding carboxylic acids is 3. The lowest BCUT2D eigenvalue weighted by Crippen LogP contribution is -2.28. The molecule has 176 valence electrons. The zero-order chi connectivity index (χ0) is 24.3. The molecule has 4 unspecified atom stereocenters. The second kappa shape index (κ2) is 8.20. The molecular formula is C27H23ClN4O3. The van der Waals surface area contributed by atoms with Crippen LogP contribution in [0.3, 0.4) is 0 Å². The van der Waals surface area contributed by atoms with E-state index in [9.17, 15) is 14.4 Å². The van der Waals surface area contributed by atoms with E-state index in [0.29, 0.717) is 10.7 Å². The number of rotatable bonds is 5. The summed E-state index contributed by atoms with van der Waals surface area (Å²) in [5.41, 5.74) is 3.13. The van der Waals surface area contributed by atoms with Crippen molar-refractivity contribution in [3.63, 3.8) is 0 Å². The van der Waals surface area contributed by atoms with Crippen molar-refractivity contribution in [1.29, 1.82) is 0 Å². The number of hydrazone groups is 1. The van der Waals surface area contributed by atoms with Crippen molar-refractivity contribution < 1.29 is 14.4 Å². The minimum atomic E-state index is -0.284. The van der Waals surface area contributed by atoms with Gasteiger partial charge >= 0.3 is 0 Å². The van der Waals surface area contributed by atoms with Crippen LogP contribution < -0.4 is 5.32 Å². The van der Waals surface area contributed by atoms with Crippen LogP contribution in [0.15, 0.2) is 65.8 Å². The number of anilines is 1. The Morgan fingerprint density at radius 1 is 1.06 bits per heavy atom. The molecule has 35 heavy (non-hydrogen) atoms. The summed E-state index contributed by atoms with van der Waals surface area (Å²) in [6.07, 6.45) is 6.60. The fraction of sp³-hybridized carbons (Fsp3) is 0.259. The molecule has 0 radical (unpaired) electrons. The quantitative estimate of drug-likeness (QED) is 0.330. The molecule has 2 aliphatic carbocycles. The molecule has 2 fully saturated rings. The van der Waals surface area contributed by atoms with Gasteiger partial charge in [0.1, 0.15) is 6.54 Å². The maximum atomic E-state index is 13.0. The van der Waals surface area contributed by atoms with Crippen molar-refractivity contribution in [2.45, 2.75) is 19.9 Å². The summed E-state index contributed by atoms with van der Waals surface area (Å²) in [7, 11) is 0. The van der Waals surface area contributed by atoms with Gasteiger partial charge in [0.05, 0.1) is 18.1 Å². The first-order chi connectivity index (χ1) is 16.9. The summed E-state index contributed by atoms with van der Waals surface area (Å²) in [6, 6.07) is 14.7. The Labute approximate surface area is 207 Å². The fourth-order valence-electron chi connectivity index (χ4n) is 5.82. The molecule has 2 aromatic carbocycles. The number of allylic oxidation sites excluding steroid dienone is 2. The Morgan fingerprint density at radius 2 is 1.71 bits per heavy atom. The molecule has 1 aromatic heterocycles. The number of carbonyl (C=O) groups is 3. The van der Waals surface area contributed by atoms with E-state index in [1.165, 1.54) is 0 Å². The maximum absolute atomic E-state index is 13.0. The smallest absolute Gasteiger partial charge is 0.254 e. The van der Waals surface area contributed by atoms with Gasteiger partial charge in [-0.05, 0) is 55.5 Å². The minimum Gasteiger partial charge on any atom is -0.335 e. The van der Waals surface area contributed by atoms with Crippen molar-refractivity contribution in [2.24, 2.45) is 28.8 Å². The average molecular weight is 487 g/mol. The highest BCUT2D eigenvalue weighted by molar-refractivity contribution is 6.30. The van der Waals surface area contributed by atoms with Gasteiger partial charge in [-0.25, -0.2) is 0 Å². The molecule has 7 nitrogen and oxygen atoms in total. The molecule has 4 atom stereocenters. The summed E-state index contributed by atoms with van der Waals surface area (Å²) >= 11 is 5.93. The van der Waals surface area contributed by atoms with Crippen molar-refractivity contribution in [3.05, 3.63) is 77.0 Å². The van der Waals surface area contributed by atoms with E-state index in [-0.39, 0.29) is 47.9 Å². The summed E-state index contributed by atoms with van der Waals surface area (Å²) in [5, 5.41) is 9.81. The van der Waals surface area contributed by atoms with Crippen LogP contribution in [0.1, 0.15) is 17.7 Å². The van der Waals surface area contributed by atoms with Gasteiger partial charge in [-0.1, -0.05) is 42.0 Å². The van der Waals surface area contributed by atoms with Crippen LogP contribution in [-0.4, -0.2) is 33.5 Å². The number of nitrogens with one attached hydrogen (secondary N) is 1. The molecule has 6 rings (SSSR count). The Morgan fingerprint density at radius 3 is 2.40 bits per heavy atom. The SMILES string of the molecule is Cc1c(C=NN2C(=O)C3C4C=CC(C4)C3C2=O)c2ccccc2n1CC(=O)Nc1ccc(Cl)cc1. The van der Waals surface area contributed by atoms with Crippen LogP contribution >= 0.6 is 11.6 Å². The topological polar surface area (TPSA) is 83.8 Å². The Balaban J connectivity index is 1.28. The number of nitrogens with zero attached hydrogens (tertiary/aromatic N) is 3. The Bertz CT molecular complexity index is 1410. The van der Waals surface area contributed by atoms with Crippen LogP contribution in [-0.2, 0) is 20.9 Å². The zero-order valence-electron chi connectivity index (χ0n) is 19.0. The molecule has 3 aliphatic rings. The van der Waals surface area contributed by atoms with E-state index in [1.807, 2.05) is 35.8 Å². The first-order valence-corrected chi connectivity index (χ1v) is 12.0. The maximum Gasteiger partial charge on any atom is 0.254 e. The molecule has 1 saturated heterocycles. The molecule has 1 saturated carbocycles. The third kappa shape index (κ3) is 3.49. The van der Waals surface area contributed by atoms with Gasteiger partial charge in [0.25, 0.3) is 11.8 Å². The summed E-state index contributed by atoms with van der Waals surface area (Å²) in [5.74, 6) is -0.884. The monoisotopic (exact) mass is 486 g/mol. The first-order valence-electron chi connectivity index (χ1n) is 11.7. The lowest BCUT2D eigenvalue weighted by atomic mass is 9.85. The van der Waals surface area contributed by atoms with Gasteiger partial charge in [0, 0.05) is 32.9 Å². The predicted molar refractivity (Wildman–Crippen MR) is 134 cm³/mol. The van der Waals surface area contributed by atoms with Crippen LogP contribution in [0.4, 0.5) is 5.69 Å². The number of hydrogen-bond donors (Lipinski definition) is 1. The zero-order valence-corrected chi connectivity index (χ0v) is 19.8. The largest absolute Gasteiger partial charge is 0.335 e. The third-order valence-corrected chi connectivity index (χ3v) is 7.71. The Hall–Kier alpha value is -3.71. The second-order valence-corrected chi connectivity index (χ2v) is 9.83. The molecule has 1 aliphatic heterocycles. The first kappa shape index (κ1) is 21.8. The van der Waals surface area contributed by atoms with Gasteiger partial charge < -0.3 is 9.88 Å². The third-order valence-electron chi connectivity index (χ3n) is 7.46. The van der Waals surface area contributed by atoms with Crippen LogP contribution in [0.25, 0.3) is 10.9 Å². The van der Waals surface area contributed by atoms with Gasteiger partial charge in [-0.2, -0.15) is 10.1 Å². The molecule has 2 heterocycles. The second-order valence-electron chi connectivity index (χ2n) is 9.39. The fourth-order valence-corrected chi connectivity index (χ4v) is 5.94. The van der Waals surface area contributed by atoms with Crippen molar-refractivity contribution in [3.8, 4) is 0 Å². The number of halogens is 1. The van der Waals surface area contributed by atoms with Crippen molar-refractivity contribution in [1.82, 2.24) is 9.58 Å². The highest BCUT2D eigenvalue weighted by atomic mass is 35.5. The van der Waals surface area contributed by atoms with Crippen molar-refractivity contribution in [2.75, 3.05) is 5.32 Å². The number of hydrogen-bond acceptors (Lipinski definition) is 4. The van der Waals surface area contributed by atoms with E-state index in [2.05, 4.69) is 22.6 Å². The minimum absolute atomic E-state index is 0.101. The average Bonchev–Trinajstić information content (AvgIpc) is 3.59. The van der Waals surface area contributed by atoms with E-state index in [0.717, 1.165) is 33.6 Å². The summed E-state index contributed by atoms with van der Waals surface area (Å²) in [4.78, 5) is 38.8. The van der Waals surface area contributed by atoms with Crippen molar-refractivity contribution >= 4 is 52.1 Å². The molecule has 2 bridgehead atoms. The summed E-state index contributed by atoms with van der Waals surface area (Å²) < 4.78 is 1.91. The van der Waals surface area contributed by atoms with Gasteiger partial charge in [-0.3, -0.25) is 14.4 Å². The number of aromatic nitrogens is 1. The molecule has 0 spiro atoms. The molecular weight excluding hydrogens is 464 g/mol. The van der Waals surface area contributed by atoms with Crippen LogP contribution in [0.2, 0.25) is 5.02 Å². The predicted octanol–water partition coefficient (Wildman–Crippen LogP) is 4.38. The number of amides is 3. The number of benzene rings is 2. The molecule has 1 N–H and O–H groups in total. The standard InChI is InChI=1S/C27H23ClN4O3/c1-15-21(13-29-32-26(34)24-16-6-7-17(12-16)25(24)27(32)35)20-4-2-3-5-22(20)31(15)14-23(33)30-19-10-8-18(28)9-11-19/h2-11,13,16-17,24-25H,12,14H2,1H3,(H,30,33). The normalized spacial score (nSPS) is 24.8. The lowest BCUT2D eigenvalue weighted by molar-refractivity contribution is -0.140. The number of para-hydroxylation sites is 1. The Kier molecular flexibility index (Phi) is 5.11. The van der Waals surface area contributed by atoms with Crippen LogP contribution in [0.5, 0.6) is 0 Å². The number of imide groups is 1. The lowest BCUT2D eigenvalue weighted by Gasteiger charge is -2.13. The van der Waals surface area contributed by atoms with Crippen LogP contribution in [0, 0.1) is 30.6 Å². The summed E-state index contributed by atoms with van der Waals surface area (Å²) in [6.45, 7) is 2.01. The highest BCUT2D eigenvalue weighted by Gasteiger charge is 2.59. The van der Waals surface area contributed by atoms with E-state index in [1.54, 1.807) is 30.5 Å². The molecule has 3 amide bonds. The van der Waals surface area contributed by atoms with E-state index in [4.69, 9.17) is 11.6 Å².